The zero-order valence-electron chi connectivity index (χ0n) is 15.3. The number of hydrogen-bond donors (Lipinski definition) is 0. The third kappa shape index (κ3) is 4.19. The van der Waals surface area contributed by atoms with E-state index >= 15 is 0 Å². The molecule has 0 aliphatic rings. The topological polar surface area (TPSA) is 9.23 Å². The first kappa shape index (κ1) is 17.7. The second-order valence-electron chi connectivity index (χ2n) is 6.26. The molecule has 1 aromatic heterocycles. The van der Waals surface area contributed by atoms with Gasteiger partial charge in [-0.1, -0.05) is 0 Å². The van der Waals surface area contributed by atoms with Gasteiger partial charge < -0.3 is 0 Å². The maximum absolute atomic E-state index is 5.59. The van der Waals surface area contributed by atoms with Crippen LogP contribution in [-0.4, -0.2) is 21.1 Å². The van der Waals surface area contributed by atoms with Crippen LogP contribution in [0.25, 0.3) is 31.1 Å². The van der Waals surface area contributed by atoms with E-state index in [0.29, 0.717) is 6.61 Å². The molecule has 4 aromatic rings. The molecule has 0 unspecified atom stereocenters. The molecule has 0 aliphatic heterocycles. The van der Waals surface area contributed by atoms with E-state index in [1.165, 1.54) is 31.1 Å². The average molecular weight is 416 g/mol. The van der Waals surface area contributed by atoms with Crippen LogP contribution in [0.1, 0.15) is 6.92 Å². The maximum atomic E-state index is 5.59. The van der Waals surface area contributed by atoms with E-state index in [2.05, 4.69) is 97.1 Å². The summed E-state index contributed by atoms with van der Waals surface area (Å²) in [4.78, 5) is 0. The molecule has 0 fully saturated rings. The summed E-state index contributed by atoms with van der Waals surface area (Å²) in [6.45, 7) is 2.70. The van der Waals surface area contributed by atoms with Crippen molar-refractivity contribution in [3.8, 4) is 36.9 Å². The predicted molar refractivity (Wildman–Crippen MR) is 115 cm³/mol. The van der Waals surface area contributed by atoms with Crippen LogP contribution in [0.2, 0.25) is 0 Å². The summed E-state index contributed by atoms with van der Waals surface area (Å²) in [5.41, 5.74) is 5.09. The van der Waals surface area contributed by atoms with Gasteiger partial charge in [-0.2, -0.15) is 0 Å². The minimum absolute atomic E-state index is 0.275. The SMILES string of the molecule is CCOc1ccc(-c2cc(-c3ccccc3)[se+]c(-c3ccccc3)c2)cc1. The van der Waals surface area contributed by atoms with Crippen molar-refractivity contribution in [3.05, 3.63) is 97.1 Å². The van der Waals surface area contributed by atoms with Crippen molar-refractivity contribution >= 4 is 14.5 Å². The van der Waals surface area contributed by atoms with Crippen molar-refractivity contribution < 1.29 is 4.74 Å². The van der Waals surface area contributed by atoms with Crippen molar-refractivity contribution in [2.75, 3.05) is 6.61 Å². The summed E-state index contributed by atoms with van der Waals surface area (Å²) >= 11 is 0.275. The molecule has 4 rings (SSSR count). The van der Waals surface area contributed by atoms with Crippen LogP contribution in [0, 0.1) is 0 Å². The van der Waals surface area contributed by atoms with Gasteiger partial charge in [0.25, 0.3) is 0 Å². The van der Waals surface area contributed by atoms with Crippen LogP contribution in [-0.2, 0) is 0 Å². The second-order valence-corrected chi connectivity index (χ2v) is 8.54. The summed E-state index contributed by atoms with van der Waals surface area (Å²) in [5.74, 6) is 0.918. The Kier molecular flexibility index (Phi) is 5.48. The van der Waals surface area contributed by atoms with E-state index in [1.807, 2.05) is 6.92 Å². The molecule has 1 nitrogen and oxygen atoms in total. The van der Waals surface area contributed by atoms with E-state index < -0.39 is 0 Å². The summed E-state index contributed by atoms with van der Waals surface area (Å²) < 4.78 is 8.41. The first-order chi connectivity index (χ1) is 13.3. The molecule has 3 aromatic carbocycles. The van der Waals surface area contributed by atoms with Crippen LogP contribution in [0.4, 0.5) is 0 Å². The first-order valence-electron chi connectivity index (χ1n) is 9.16. The fourth-order valence-electron chi connectivity index (χ4n) is 3.07. The van der Waals surface area contributed by atoms with E-state index in [0.717, 1.165) is 5.75 Å². The molecule has 2 heteroatoms. The van der Waals surface area contributed by atoms with E-state index in [9.17, 15) is 0 Å². The van der Waals surface area contributed by atoms with Gasteiger partial charge in [-0.25, -0.2) is 0 Å². The van der Waals surface area contributed by atoms with Crippen molar-refractivity contribution in [1.29, 1.82) is 0 Å². The van der Waals surface area contributed by atoms with Gasteiger partial charge in [0.1, 0.15) is 0 Å². The second kappa shape index (κ2) is 8.35. The fourth-order valence-corrected chi connectivity index (χ4v) is 5.41. The molecule has 0 amide bonds. The Hall–Kier alpha value is -2.67. The Morgan fingerprint density at radius 3 is 1.59 bits per heavy atom. The Bertz CT molecular complexity index is 951. The van der Waals surface area contributed by atoms with Crippen LogP contribution in [0.3, 0.4) is 0 Å². The Morgan fingerprint density at radius 2 is 1.11 bits per heavy atom. The van der Waals surface area contributed by atoms with Crippen LogP contribution in [0.15, 0.2) is 97.1 Å². The van der Waals surface area contributed by atoms with Gasteiger partial charge in [-0.05, 0) is 0 Å². The number of hydrogen-bond acceptors (Lipinski definition) is 1. The van der Waals surface area contributed by atoms with Crippen molar-refractivity contribution in [1.82, 2.24) is 0 Å². The molecular formula is C25H21OSe+. The van der Waals surface area contributed by atoms with E-state index in [-0.39, 0.29) is 14.5 Å². The standard InChI is InChI=1S/C25H21OSe/c1-2-26-23-15-13-19(14-16-23)22-17-24(20-9-5-3-6-10-20)27-25(18-22)21-11-7-4-8-12-21/h3-18H,2H2,1H3/q+1. The predicted octanol–water partition coefficient (Wildman–Crippen LogP) is 6.42. The fraction of sp³-hybridized carbons (Fsp3) is 0.0800. The van der Waals surface area contributed by atoms with Gasteiger partial charge in [0.2, 0.25) is 0 Å². The number of ether oxygens (including phenoxy) is 1. The van der Waals surface area contributed by atoms with Crippen molar-refractivity contribution in [2.24, 2.45) is 0 Å². The number of benzene rings is 3. The zero-order chi connectivity index (χ0) is 18.5. The summed E-state index contributed by atoms with van der Waals surface area (Å²) in [6.07, 6.45) is 0. The molecule has 0 bridgehead atoms. The molecule has 1 heterocycles. The average Bonchev–Trinajstić information content (AvgIpc) is 2.75. The van der Waals surface area contributed by atoms with E-state index in [1.54, 1.807) is 0 Å². The molecule has 0 radical (unpaired) electrons. The molecule has 132 valence electrons. The van der Waals surface area contributed by atoms with Crippen LogP contribution >= 0.6 is 0 Å². The number of rotatable bonds is 5. The quantitative estimate of drug-likeness (QED) is 0.341. The van der Waals surface area contributed by atoms with E-state index in [4.69, 9.17) is 4.74 Å². The monoisotopic (exact) mass is 417 g/mol. The Balaban J connectivity index is 1.83. The van der Waals surface area contributed by atoms with Crippen LogP contribution in [0.5, 0.6) is 5.75 Å². The minimum atomic E-state index is 0.275. The Morgan fingerprint density at radius 1 is 0.593 bits per heavy atom. The third-order valence-corrected chi connectivity index (χ3v) is 6.81. The molecule has 0 N–H and O–H groups in total. The molecule has 0 atom stereocenters. The van der Waals surface area contributed by atoms with Gasteiger partial charge in [0, 0.05) is 0 Å². The van der Waals surface area contributed by atoms with Gasteiger partial charge in [0.05, 0.1) is 0 Å². The van der Waals surface area contributed by atoms with Gasteiger partial charge >= 0.3 is 167 Å². The zero-order valence-corrected chi connectivity index (χ0v) is 17.0. The third-order valence-electron chi connectivity index (χ3n) is 4.41. The van der Waals surface area contributed by atoms with Gasteiger partial charge in [-0.3, -0.25) is 0 Å². The van der Waals surface area contributed by atoms with Gasteiger partial charge in [0.15, 0.2) is 0 Å². The van der Waals surface area contributed by atoms with Crippen molar-refractivity contribution in [2.45, 2.75) is 6.92 Å². The molecule has 0 spiro atoms. The molecule has 0 saturated heterocycles. The Labute approximate surface area is 166 Å². The van der Waals surface area contributed by atoms with Gasteiger partial charge in [-0.15, -0.1) is 0 Å². The summed E-state index contributed by atoms with van der Waals surface area (Å²) in [7, 11) is 0. The molecule has 27 heavy (non-hydrogen) atoms. The molecular weight excluding hydrogens is 395 g/mol. The van der Waals surface area contributed by atoms with Crippen molar-refractivity contribution in [3.63, 3.8) is 0 Å². The van der Waals surface area contributed by atoms with Crippen LogP contribution < -0.4 is 4.74 Å². The normalized spacial score (nSPS) is 10.6. The summed E-state index contributed by atoms with van der Waals surface area (Å²) in [5, 5.41) is 0. The molecule has 0 aliphatic carbocycles. The summed E-state index contributed by atoms with van der Waals surface area (Å²) in [6, 6.07) is 34.5. The first-order valence-corrected chi connectivity index (χ1v) is 10.9. The molecule has 0 saturated carbocycles.